The van der Waals surface area contributed by atoms with Crippen molar-refractivity contribution in [2.75, 3.05) is 19.0 Å². The van der Waals surface area contributed by atoms with E-state index >= 15 is 0 Å². The molecular weight excluding hydrogens is 164 g/mol. The first-order chi connectivity index (χ1) is 6.25. The molecule has 0 aliphatic carbocycles. The Bertz CT molecular complexity index is 261. The van der Waals surface area contributed by atoms with Crippen LogP contribution in [0.5, 0.6) is 0 Å². The molecule has 0 atom stereocenters. The zero-order valence-corrected chi connectivity index (χ0v) is 8.32. The lowest BCUT2D eigenvalue weighted by atomic mass is 10.2. The van der Waals surface area contributed by atoms with Crippen LogP contribution in [-0.2, 0) is 4.79 Å². The topological polar surface area (TPSA) is 46.3 Å². The van der Waals surface area contributed by atoms with Gasteiger partial charge in [-0.3, -0.25) is 4.79 Å². The summed E-state index contributed by atoms with van der Waals surface area (Å²) in [5, 5.41) is 0. The Morgan fingerprint density at radius 1 is 1.31 bits per heavy atom. The first kappa shape index (κ1) is 11.6. The molecule has 0 saturated heterocycles. The maximum atomic E-state index is 10.4. The van der Waals surface area contributed by atoms with Crippen LogP contribution in [-0.4, -0.2) is 20.5 Å². The summed E-state index contributed by atoms with van der Waals surface area (Å²) in [7, 11) is 3.25. The van der Waals surface area contributed by atoms with Gasteiger partial charge in [-0.1, -0.05) is 18.2 Å². The van der Waals surface area contributed by atoms with Crippen LogP contribution >= 0.6 is 0 Å². The second-order valence-electron chi connectivity index (χ2n) is 2.50. The first-order valence-electron chi connectivity index (χ1n) is 4.07. The van der Waals surface area contributed by atoms with Gasteiger partial charge in [0.1, 0.15) is 0 Å². The Balaban J connectivity index is 0.000000671. The van der Waals surface area contributed by atoms with Gasteiger partial charge in [0.05, 0.1) is 0 Å². The van der Waals surface area contributed by atoms with E-state index in [1.165, 1.54) is 7.05 Å². The van der Waals surface area contributed by atoms with Gasteiger partial charge in [0, 0.05) is 12.7 Å². The standard InChI is InChI=1S/C9H11NO.CH5N/c1-8-5-3-4-6-9(8)10(2)7-11;1-2/h3-7H,1-2H3;2H2,1H3. The highest BCUT2D eigenvalue weighted by Crippen LogP contribution is 2.15. The maximum absolute atomic E-state index is 10.4. The fourth-order valence-corrected chi connectivity index (χ4v) is 1.02. The summed E-state index contributed by atoms with van der Waals surface area (Å²) in [5.74, 6) is 0. The van der Waals surface area contributed by atoms with Gasteiger partial charge < -0.3 is 10.6 Å². The highest BCUT2D eigenvalue weighted by Gasteiger charge is 1.99. The van der Waals surface area contributed by atoms with Gasteiger partial charge in [0.25, 0.3) is 0 Å². The minimum absolute atomic E-state index is 0.808. The predicted molar refractivity (Wildman–Crippen MR) is 55.8 cm³/mol. The minimum Gasteiger partial charge on any atom is -0.333 e. The normalized spacial score (nSPS) is 8.31. The highest BCUT2D eigenvalue weighted by molar-refractivity contribution is 5.75. The molecule has 1 amide bonds. The van der Waals surface area contributed by atoms with Crippen LogP contribution in [0.2, 0.25) is 0 Å². The third kappa shape index (κ3) is 3.25. The Hall–Kier alpha value is -1.35. The van der Waals surface area contributed by atoms with E-state index in [2.05, 4.69) is 5.73 Å². The molecule has 0 saturated carbocycles. The molecule has 1 aromatic carbocycles. The molecule has 13 heavy (non-hydrogen) atoms. The van der Waals surface area contributed by atoms with Crippen LogP contribution in [0.4, 0.5) is 5.69 Å². The van der Waals surface area contributed by atoms with Gasteiger partial charge in [0.15, 0.2) is 0 Å². The Kier molecular flexibility index (Phi) is 5.55. The third-order valence-electron chi connectivity index (χ3n) is 1.65. The van der Waals surface area contributed by atoms with Crippen molar-refractivity contribution in [1.82, 2.24) is 0 Å². The second-order valence-corrected chi connectivity index (χ2v) is 2.50. The van der Waals surface area contributed by atoms with Crippen LogP contribution in [0.1, 0.15) is 5.56 Å². The Morgan fingerprint density at radius 2 is 1.85 bits per heavy atom. The SMILES string of the molecule is CN.Cc1ccccc1N(C)C=O. The van der Waals surface area contributed by atoms with Gasteiger partial charge >= 0.3 is 0 Å². The number of hydrogen-bond donors (Lipinski definition) is 1. The summed E-state index contributed by atoms with van der Waals surface area (Å²) in [6.45, 7) is 1.98. The highest BCUT2D eigenvalue weighted by atomic mass is 16.1. The number of benzene rings is 1. The van der Waals surface area contributed by atoms with Crippen molar-refractivity contribution in [3.63, 3.8) is 0 Å². The first-order valence-corrected chi connectivity index (χ1v) is 4.07. The van der Waals surface area contributed by atoms with Crippen LogP contribution < -0.4 is 10.6 Å². The van der Waals surface area contributed by atoms with E-state index in [9.17, 15) is 4.79 Å². The van der Waals surface area contributed by atoms with Crippen LogP contribution in [0.25, 0.3) is 0 Å². The minimum atomic E-state index is 0.808. The van der Waals surface area contributed by atoms with Crippen LogP contribution in [0.3, 0.4) is 0 Å². The summed E-state index contributed by atoms with van der Waals surface area (Å²) in [6, 6.07) is 7.78. The fourth-order valence-electron chi connectivity index (χ4n) is 1.02. The molecule has 1 rings (SSSR count). The average molecular weight is 180 g/mol. The summed E-state index contributed by atoms with van der Waals surface area (Å²) < 4.78 is 0. The van der Waals surface area contributed by atoms with Gasteiger partial charge in [-0.25, -0.2) is 0 Å². The molecule has 0 unspecified atom stereocenters. The van der Waals surface area contributed by atoms with Gasteiger partial charge in [0.2, 0.25) is 6.41 Å². The molecule has 0 aromatic heterocycles. The van der Waals surface area contributed by atoms with E-state index in [4.69, 9.17) is 0 Å². The van der Waals surface area contributed by atoms with Crippen molar-refractivity contribution in [1.29, 1.82) is 0 Å². The van der Waals surface area contributed by atoms with Gasteiger partial charge in [-0.05, 0) is 25.6 Å². The quantitative estimate of drug-likeness (QED) is 0.694. The van der Waals surface area contributed by atoms with Crippen molar-refractivity contribution < 1.29 is 4.79 Å². The van der Waals surface area contributed by atoms with E-state index < -0.39 is 0 Å². The number of hydrogen-bond acceptors (Lipinski definition) is 2. The molecule has 0 aliphatic heterocycles. The fraction of sp³-hybridized carbons (Fsp3) is 0.300. The lowest BCUT2D eigenvalue weighted by Gasteiger charge is -2.12. The maximum Gasteiger partial charge on any atom is 0.213 e. The average Bonchev–Trinajstić information content (AvgIpc) is 2.20. The number of rotatable bonds is 2. The molecule has 3 heteroatoms. The molecule has 0 spiro atoms. The monoisotopic (exact) mass is 180 g/mol. The molecule has 1 aromatic rings. The third-order valence-corrected chi connectivity index (χ3v) is 1.65. The lowest BCUT2D eigenvalue weighted by molar-refractivity contribution is -0.107. The van der Waals surface area contributed by atoms with E-state index in [0.29, 0.717) is 0 Å². The largest absolute Gasteiger partial charge is 0.333 e. The van der Waals surface area contributed by atoms with E-state index in [0.717, 1.165) is 17.7 Å². The van der Waals surface area contributed by atoms with Gasteiger partial charge in [-0.15, -0.1) is 0 Å². The van der Waals surface area contributed by atoms with Crippen LogP contribution in [0, 0.1) is 6.92 Å². The van der Waals surface area contributed by atoms with Crippen molar-refractivity contribution in [2.45, 2.75) is 6.92 Å². The molecule has 0 radical (unpaired) electrons. The zero-order chi connectivity index (χ0) is 10.3. The zero-order valence-electron chi connectivity index (χ0n) is 8.32. The summed E-state index contributed by atoms with van der Waals surface area (Å²) in [4.78, 5) is 11.9. The van der Waals surface area contributed by atoms with Crippen molar-refractivity contribution >= 4 is 12.1 Å². The molecule has 72 valence electrons. The lowest BCUT2D eigenvalue weighted by Crippen LogP contribution is -2.14. The number of anilines is 1. The molecule has 0 fully saturated rings. The molecule has 0 bridgehead atoms. The number of para-hydroxylation sites is 1. The summed E-state index contributed by atoms with van der Waals surface area (Å²) >= 11 is 0. The van der Waals surface area contributed by atoms with Crippen molar-refractivity contribution in [3.8, 4) is 0 Å². The van der Waals surface area contributed by atoms with E-state index in [1.807, 2.05) is 31.2 Å². The number of carbonyl (C=O) groups excluding carboxylic acids is 1. The number of nitrogens with two attached hydrogens (primary N) is 1. The smallest absolute Gasteiger partial charge is 0.213 e. The molecule has 0 aliphatic rings. The van der Waals surface area contributed by atoms with E-state index in [1.54, 1.807) is 11.9 Å². The van der Waals surface area contributed by atoms with E-state index in [-0.39, 0.29) is 0 Å². The second kappa shape index (κ2) is 6.20. The number of aryl methyl sites for hydroxylation is 1. The predicted octanol–water partition coefficient (Wildman–Crippen LogP) is 1.16. The Labute approximate surface area is 79.2 Å². The number of carbonyl (C=O) groups is 1. The van der Waals surface area contributed by atoms with Crippen molar-refractivity contribution in [2.24, 2.45) is 5.73 Å². The molecule has 0 heterocycles. The molecular formula is C10H16N2O. The van der Waals surface area contributed by atoms with Crippen LogP contribution in [0.15, 0.2) is 24.3 Å². The van der Waals surface area contributed by atoms with Gasteiger partial charge in [-0.2, -0.15) is 0 Å². The number of amides is 1. The summed E-state index contributed by atoms with van der Waals surface area (Å²) in [5.41, 5.74) is 6.57. The Morgan fingerprint density at radius 3 is 2.31 bits per heavy atom. The molecule has 3 nitrogen and oxygen atoms in total. The number of nitrogens with zero attached hydrogens (tertiary/aromatic N) is 1. The molecule has 2 N–H and O–H groups in total. The summed E-state index contributed by atoms with van der Waals surface area (Å²) in [6.07, 6.45) is 0.808. The van der Waals surface area contributed by atoms with Crippen molar-refractivity contribution in [3.05, 3.63) is 29.8 Å².